The highest BCUT2D eigenvalue weighted by molar-refractivity contribution is 5.32. The Bertz CT molecular complexity index is 688. The van der Waals surface area contributed by atoms with Crippen molar-refractivity contribution in [3.05, 3.63) is 106 Å². The molecule has 0 spiro atoms. The lowest BCUT2D eigenvalue weighted by Gasteiger charge is -1.93. The summed E-state index contributed by atoms with van der Waals surface area (Å²) in [5.41, 5.74) is 9.40. The van der Waals surface area contributed by atoms with E-state index in [9.17, 15) is 0 Å². The molecule has 0 unspecified atom stereocenters. The van der Waals surface area contributed by atoms with E-state index in [1.54, 1.807) is 33.4 Å². The van der Waals surface area contributed by atoms with E-state index >= 15 is 0 Å². The molecule has 0 aliphatic heterocycles. The Labute approximate surface area is 164 Å². The summed E-state index contributed by atoms with van der Waals surface area (Å²) in [5.74, 6) is 0. The maximum Gasteiger partial charge on any atom is -0.0273 e. The number of hydrogen-bond acceptors (Lipinski definition) is 0. The van der Waals surface area contributed by atoms with Gasteiger partial charge in [-0.1, -0.05) is 72.8 Å². The van der Waals surface area contributed by atoms with Crippen molar-refractivity contribution >= 4 is 0 Å². The largest absolute Gasteiger partial charge is 0.0620 e. The van der Waals surface area contributed by atoms with E-state index < -0.39 is 0 Å². The summed E-state index contributed by atoms with van der Waals surface area (Å²) in [7, 11) is 0. The van der Waals surface area contributed by atoms with Crippen LogP contribution in [-0.2, 0) is 38.5 Å². The van der Waals surface area contributed by atoms with Crippen molar-refractivity contribution in [2.75, 3.05) is 0 Å². The Kier molecular flexibility index (Phi) is 6.04. The molecule has 0 heteroatoms. The molecule has 0 saturated carbocycles. The summed E-state index contributed by atoms with van der Waals surface area (Å²) < 4.78 is 0. The monoisotopic (exact) mass is 354 g/mol. The van der Waals surface area contributed by atoms with Gasteiger partial charge in [-0.2, -0.15) is 0 Å². The Morgan fingerprint density at radius 3 is 0.667 bits per heavy atom. The van der Waals surface area contributed by atoms with E-state index in [0.29, 0.717) is 0 Å². The molecular formula is C27H30. The van der Waals surface area contributed by atoms with E-state index in [-0.39, 0.29) is 0 Å². The van der Waals surface area contributed by atoms with Crippen LogP contribution in [0.1, 0.15) is 52.6 Å². The van der Waals surface area contributed by atoms with Gasteiger partial charge in [-0.3, -0.25) is 0 Å². The van der Waals surface area contributed by atoms with E-state index in [2.05, 4.69) is 72.8 Å². The Morgan fingerprint density at radius 1 is 0.296 bits per heavy atom. The molecular weight excluding hydrogens is 324 g/mol. The normalized spacial score (nSPS) is 15.6. The Hall–Kier alpha value is -2.34. The smallest absolute Gasteiger partial charge is 0.0273 e. The van der Waals surface area contributed by atoms with E-state index in [1.165, 1.54) is 57.8 Å². The van der Waals surface area contributed by atoms with Crippen molar-refractivity contribution in [3.63, 3.8) is 0 Å². The SMILES string of the molecule is c1ccc2c(c1)CCC2.c1ccc2c(c1)CCC2.c1ccc2c(c1)CCC2. The van der Waals surface area contributed by atoms with Crippen molar-refractivity contribution in [3.8, 4) is 0 Å². The van der Waals surface area contributed by atoms with Crippen LogP contribution in [0.15, 0.2) is 72.8 Å². The van der Waals surface area contributed by atoms with Crippen LogP contribution in [0.3, 0.4) is 0 Å². The average Bonchev–Trinajstić information content (AvgIpc) is 3.48. The van der Waals surface area contributed by atoms with E-state index in [4.69, 9.17) is 0 Å². The van der Waals surface area contributed by atoms with Crippen molar-refractivity contribution in [2.24, 2.45) is 0 Å². The van der Waals surface area contributed by atoms with E-state index in [0.717, 1.165) is 0 Å². The first-order chi connectivity index (χ1) is 13.4. The molecule has 3 aliphatic rings. The molecule has 0 atom stereocenters. The summed E-state index contributed by atoms with van der Waals surface area (Å²) in [6.45, 7) is 0. The predicted octanol–water partition coefficient (Wildman–Crippen LogP) is 6.53. The number of benzene rings is 3. The van der Waals surface area contributed by atoms with Gasteiger partial charge >= 0.3 is 0 Å². The summed E-state index contributed by atoms with van der Waals surface area (Å²) in [6, 6.07) is 26.2. The molecule has 0 bridgehead atoms. The molecule has 0 aromatic heterocycles. The number of aryl methyl sites for hydroxylation is 6. The van der Waals surface area contributed by atoms with Gasteiger partial charge in [-0.25, -0.2) is 0 Å². The second kappa shape index (κ2) is 9.04. The average molecular weight is 355 g/mol. The lowest BCUT2D eigenvalue weighted by atomic mass is 10.1. The molecule has 0 radical (unpaired) electrons. The zero-order valence-electron chi connectivity index (χ0n) is 16.3. The lowest BCUT2D eigenvalue weighted by Crippen LogP contribution is -1.77. The second-order valence-electron chi connectivity index (χ2n) is 7.87. The molecule has 0 N–H and O–H groups in total. The van der Waals surface area contributed by atoms with Gasteiger partial charge in [-0.05, 0) is 91.2 Å². The summed E-state index contributed by atoms with van der Waals surface area (Å²) in [6.07, 6.45) is 11.9. The van der Waals surface area contributed by atoms with Crippen molar-refractivity contribution in [2.45, 2.75) is 57.8 Å². The zero-order valence-corrected chi connectivity index (χ0v) is 16.3. The van der Waals surface area contributed by atoms with Gasteiger partial charge < -0.3 is 0 Å². The Balaban J connectivity index is 0.0000001000. The fraction of sp³-hybridized carbons (Fsp3) is 0.333. The van der Waals surface area contributed by atoms with Crippen LogP contribution >= 0.6 is 0 Å². The summed E-state index contributed by atoms with van der Waals surface area (Å²) in [4.78, 5) is 0. The van der Waals surface area contributed by atoms with Crippen LogP contribution in [0, 0.1) is 0 Å². The van der Waals surface area contributed by atoms with Crippen molar-refractivity contribution in [1.29, 1.82) is 0 Å². The molecule has 27 heavy (non-hydrogen) atoms. The highest BCUT2D eigenvalue weighted by atomic mass is 14.1. The molecule has 6 rings (SSSR count). The number of rotatable bonds is 0. The first-order valence-corrected chi connectivity index (χ1v) is 10.6. The molecule has 138 valence electrons. The molecule has 3 aliphatic carbocycles. The minimum atomic E-state index is 1.30. The molecule has 0 amide bonds. The van der Waals surface area contributed by atoms with Crippen molar-refractivity contribution < 1.29 is 0 Å². The van der Waals surface area contributed by atoms with Gasteiger partial charge in [0.15, 0.2) is 0 Å². The minimum absolute atomic E-state index is 1.30. The number of fused-ring (bicyclic) bond motifs is 3. The second-order valence-corrected chi connectivity index (χ2v) is 7.87. The Morgan fingerprint density at radius 2 is 0.481 bits per heavy atom. The predicted molar refractivity (Wildman–Crippen MR) is 115 cm³/mol. The first-order valence-electron chi connectivity index (χ1n) is 10.6. The van der Waals surface area contributed by atoms with Crippen LogP contribution in [0.4, 0.5) is 0 Å². The van der Waals surface area contributed by atoms with Gasteiger partial charge in [0.05, 0.1) is 0 Å². The fourth-order valence-electron chi connectivity index (χ4n) is 4.54. The lowest BCUT2D eigenvalue weighted by molar-refractivity contribution is 0.912. The van der Waals surface area contributed by atoms with Crippen molar-refractivity contribution in [1.82, 2.24) is 0 Å². The van der Waals surface area contributed by atoms with Crippen LogP contribution in [0.5, 0.6) is 0 Å². The third kappa shape index (κ3) is 4.69. The highest BCUT2D eigenvalue weighted by Crippen LogP contribution is 2.21. The van der Waals surface area contributed by atoms with E-state index in [1.807, 2.05) is 0 Å². The zero-order chi connectivity index (χ0) is 18.3. The maximum atomic E-state index is 2.24. The minimum Gasteiger partial charge on any atom is -0.0620 e. The number of hydrogen-bond donors (Lipinski definition) is 0. The van der Waals surface area contributed by atoms with Crippen LogP contribution in [-0.4, -0.2) is 0 Å². The first kappa shape index (κ1) is 18.0. The highest BCUT2D eigenvalue weighted by Gasteiger charge is 2.08. The molecule has 0 fully saturated rings. The molecule has 0 saturated heterocycles. The molecule has 0 nitrogen and oxygen atoms in total. The van der Waals surface area contributed by atoms with Crippen LogP contribution in [0.2, 0.25) is 0 Å². The van der Waals surface area contributed by atoms with Gasteiger partial charge in [0.1, 0.15) is 0 Å². The van der Waals surface area contributed by atoms with Gasteiger partial charge in [0, 0.05) is 0 Å². The summed E-state index contributed by atoms with van der Waals surface area (Å²) in [5, 5.41) is 0. The quantitative estimate of drug-likeness (QED) is 0.431. The summed E-state index contributed by atoms with van der Waals surface area (Å²) >= 11 is 0. The molecule has 3 aromatic carbocycles. The third-order valence-electron chi connectivity index (χ3n) is 6.03. The van der Waals surface area contributed by atoms with Gasteiger partial charge in [0.2, 0.25) is 0 Å². The van der Waals surface area contributed by atoms with Gasteiger partial charge in [0.25, 0.3) is 0 Å². The molecule has 0 heterocycles. The van der Waals surface area contributed by atoms with Gasteiger partial charge in [-0.15, -0.1) is 0 Å². The third-order valence-corrected chi connectivity index (χ3v) is 6.03. The van der Waals surface area contributed by atoms with Crippen LogP contribution < -0.4 is 0 Å². The maximum absolute atomic E-state index is 2.24. The fourth-order valence-corrected chi connectivity index (χ4v) is 4.54. The topological polar surface area (TPSA) is 0 Å². The van der Waals surface area contributed by atoms with Crippen LogP contribution in [0.25, 0.3) is 0 Å². The molecule has 3 aromatic rings. The standard InChI is InChI=1S/3C9H10/c3*1-2-5-9-7-3-6-8(9)4-1/h3*1-2,4-5H,3,6-7H2.